The molecule has 0 radical (unpaired) electrons. The maximum atomic E-state index is 5.82. The number of aryl methyl sites for hydroxylation is 1. The molecule has 1 atom stereocenters. The molecule has 0 saturated heterocycles. The molecular weight excluding hydrogens is 202 g/mol. The van der Waals surface area contributed by atoms with Crippen LogP contribution in [0, 0.1) is 0 Å². The third kappa shape index (κ3) is 2.01. The molecule has 0 aromatic heterocycles. The van der Waals surface area contributed by atoms with E-state index in [-0.39, 0.29) is 5.50 Å². The van der Waals surface area contributed by atoms with Crippen molar-refractivity contribution in [2.24, 2.45) is 5.73 Å². The third-order valence-corrected chi connectivity index (χ3v) is 3.71. The molecule has 1 aliphatic heterocycles. The minimum atomic E-state index is -0.364. The zero-order chi connectivity index (χ0) is 9.26. The van der Waals surface area contributed by atoms with E-state index in [9.17, 15) is 0 Å². The second kappa shape index (κ2) is 3.91. The summed E-state index contributed by atoms with van der Waals surface area (Å²) in [6.07, 6.45) is 2.43. The lowest BCUT2D eigenvalue weighted by atomic mass is 10.1. The molecule has 0 fully saturated rings. The van der Waals surface area contributed by atoms with Gasteiger partial charge in [-0.15, -0.1) is 23.4 Å². The van der Waals surface area contributed by atoms with Gasteiger partial charge >= 0.3 is 0 Å². The number of benzene rings is 1. The quantitative estimate of drug-likeness (QED) is 0.574. The molecule has 2 rings (SSSR count). The lowest BCUT2D eigenvalue weighted by molar-refractivity contribution is 0.879. The summed E-state index contributed by atoms with van der Waals surface area (Å²) in [5.74, 6) is 1.24. The summed E-state index contributed by atoms with van der Waals surface area (Å²) >= 11 is 7.74. The SMILES string of the molecule is NC(Cl)c1ccc2c(c1)CCCS2. The van der Waals surface area contributed by atoms with Gasteiger partial charge in [0.2, 0.25) is 0 Å². The van der Waals surface area contributed by atoms with Crippen LogP contribution in [-0.4, -0.2) is 5.75 Å². The second-order valence-electron chi connectivity index (χ2n) is 3.22. The highest BCUT2D eigenvalue weighted by molar-refractivity contribution is 7.99. The van der Waals surface area contributed by atoms with Crippen molar-refractivity contribution in [2.45, 2.75) is 23.2 Å². The van der Waals surface area contributed by atoms with E-state index in [1.165, 1.54) is 29.1 Å². The van der Waals surface area contributed by atoms with Crippen molar-refractivity contribution < 1.29 is 0 Å². The summed E-state index contributed by atoms with van der Waals surface area (Å²) < 4.78 is 0. The van der Waals surface area contributed by atoms with Crippen molar-refractivity contribution in [3.05, 3.63) is 29.3 Å². The molecule has 1 aromatic carbocycles. The molecule has 3 heteroatoms. The van der Waals surface area contributed by atoms with Crippen LogP contribution in [0.25, 0.3) is 0 Å². The van der Waals surface area contributed by atoms with Crippen molar-refractivity contribution in [3.63, 3.8) is 0 Å². The van der Waals surface area contributed by atoms with E-state index in [0.717, 1.165) is 5.56 Å². The maximum absolute atomic E-state index is 5.82. The first-order valence-corrected chi connectivity index (χ1v) is 5.85. The predicted octanol–water partition coefficient (Wildman–Crippen LogP) is 2.92. The van der Waals surface area contributed by atoms with Gasteiger partial charge in [0.05, 0.1) is 0 Å². The average molecular weight is 214 g/mol. The van der Waals surface area contributed by atoms with Crippen molar-refractivity contribution in [2.75, 3.05) is 5.75 Å². The van der Waals surface area contributed by atoms with Crippen LogP contribution in [0.2, 0.25) is 0 Å². The van der Waals surface area contributed by atoms with E-state index in [1.54, 1.807) is 0 Å². The van der Waals surface area contributed by atoms with Crippen molar-refractivity contribution in [1.82, 2.24) is 0 Å². The topological polar surface area (TPSA) is 26.0 Å². The first kappa shape index (κ1) is 9.38. The van der Waals surface area contributed by atoms with Crippen LogP contribution < -0.4 is 5.73 Å². The Morgan fingerprint density at radius 2 is 2.31 bits per heavy atom. The Labute approximate surface area is 87.7 Å². The highest BCUT2D eigenvalue weighted by Gasteiger charge is 2.11. The maximum Gasteiger partial charge on any atom is 0.106 e. The summed E-state index contributed by atoms with van der Waals surface area (Å²) in [4.78, 5) is 1.40. The highest BCUT2D eigenvalue weighted by Crippen LogP contribution is 2.31. The van der Waals surface area contributed by atoms with Crippen LogP contribution in [0.5, 0.6) is 0 Å². The molecule has 0 bridgehead atoms. The van der Waals surface area contributed by atoms with Crippen LogP contribution >= 0.6 is 23.4 Å². The Morgan fingerprint density at radius 3 is 3.08 bits per heavy atom. The van der Waals surface area contributed by atoms with Gasteiger partial charge in [-0.05, 0) is 35.8 Å². The van der Waals surface area contributed by atoms with Crippen molar-refractivity contribution >= 4 is 23.4 Å². The van der Waals surface area contributed by atoms with Gasteiger partial charge in [0.15, 0.2) is 0 Å². The largest absolute Gasteiger partial charge is 0.312 e. The Kier molecular flexibility index (Phi) is 2.82. The molecule has 0 spiro atoms. The number of thioether (sulfide) groups is 1. The monoisotopic (exact) mass is 213 g/mol. The van der Waals surface area contributed by atoms with Gasteiger partial charge in [-0.1, -0.05) is 12.1 Å². The zero-order valence-electron chi connectivity index (χ0n) is 7.29. The third-order valence-electron chi connectivity index (χ3n) is 2.25. The number of hydrogen-bond donors (Lipinski definition) is 1. The Bertz CT molecular complexity index is 312. The van der Waals surface area contributed by atoms with Gasteiger partial charge in [-0.2, -0.15) is 0 Å². The summed E-state index contributed by atoms with van der Waals surface area (Å²) in [6, 6.07) is 6.30. The van der Waals surface area contributed by atoms with Crippen molar-refractivity contribution in [1.29, 1.82) is 0 Å². The Morgan fingerprint density at radius 1 is 1.46 bits per heavy atom. The fraction of sp³-hybridized carbons (Fsp3) is 0.400. The van der Waals surface area contributed by atoms with Crippen LogP contribution in [-0.2, 0) is 6.42 Å². The number of nitrogens with two attached hydrogens (primary N) is 1. The standard InChI is InChI=1S/C10H12ClNS/c11-10(12)8-3-4-9-7(6-8)2-1-5-13-9/h3-4,6,10H,1-2,5,12H2. The smallest absolute Gasteiger partial charge is 0.106 e. The molecule has 1 unspecified atom stereocenters. The van der Waals surface area contributed by atoms with Gasteiger partial charge < -0.3 is 5.73 Å². The van der Waals surface area contributed by atoms with Crippen molar-refractivity contribution in [3.8, 4) is 0 Å². The predicted molar refractivity (Wildman–Crippen MR) is 58.3 cm³/mol. The summed E-state index contributed by atoms with van der Waals surface area (Å²) in [5, 5.41) is 0. The summed E-state index contributed by atoms with van der Waals surface area (Å²) in [7, 11) is 0. The average Bonchev–Trinajstić information content (AvgIpc) is 2.17. The van der Waals surface area contributed by atoms with E-state index >= 15 is 0 Å². The molecule has 1 heterocycles. The van der Waals surface area contributed by atoms with E-state index < -0.39 is 0 Å². The Hall–Kier alpha value is -0.180. The highest BCUT2D eigenvalue weighted by atomic mass is 35.5. The zero-order valence-corrected chi connectivity index (χ0v) is 8.87. The first-order chi connectivity index (χ1) is 6.27. The normalized spacial score (nSPS) is 18.0. The summed E-state index contributed by atoms with van der Waals surface area (Å²) in [5.41, 5.74) is 7.68. The van der Waals surface area contributed by atoms with E-state index in [4.69, 9.17) is 17.3 Å². The molecule has 0 amide bonds. The molecule has 0 aliphatic carbocycles. The minimum Gasteiger partial charge on any atom is -0.312 e. The Balaban J connectivity index is 2.35. The number of halogens is 1. The van der Waals surface area contributed by atoms with Gasteiger partial charge in [-0.3, -0.25) is 0 Å². The first-order valence-electron chi connectivity index (χ1n) is 4.42. The number of hydrogen-bond acceptors (Lipinski definition) is 2. The van der Waals surface area contributed by atoms with Gasteiger partial charge in [0.25, 0.3) is 0 Å². The molecule has 13 heavy (non-hydrogen) atoms. The fourth-order valence-electron chi connectivity index (χ4n) is 1.55. The number of rotatable bonds is 1. The lowest BCUT2D eigenvalue weighted by Gasteiger charge is -2.16. The summed E-state index contributed by atoms with van der Waals surface area (Å²) in [6.45, 7) is 0. The van der Waals surface area contributed by atoms with Crippen LogP contribution in [0.4, 0.5) is 0 Å². The molecule has 70 valence electrons. The molecule has 1 aromatic rings. The second-order valence-corrected chi connectivity index (χ2v) is 4.83. The molecule has 2 N–H and O–H groups in total. The van der Waals surface area contributed by atoms with E-state index in [0.29, 0.717) is 0 Å². The van der Waals surface area contributed by atoms with Gasteiger partial charge in [0, 0.05) is 4.90 Å². The van der Waals surface area contributed by atoms with E-state index in [1.807, 2.05) is 17.8 Å². The molecule has 1 aliphatic rings. The molecule has 0 saturated carbocycles. The van der Waals surface area contributed by atoms with E-state index in [2.05, 4.69) is 12.1 Å². The van der Waals surface area contributed by atoms with Gasteiger partial charge in [0.1, 0.15) is 5.50 Å². The number of alkyl halides is 1. The molecular formula is C10H12ClNS. The minimum absolute atomic E-state index is 0.364. The van der Waals surface area contributed by atoms with Gasteiger partial charge in [-0.25, -0.2) is 0 Å². The van der Waals surface area contributed by atoms with Crippen LogP contribution in [0.15, 0.2) is 23.1 Å². The fourth-order valence-corrected chi connectivity index (χ4v) is 2.71. The van der Waals surface area contributed by atoms with Crippen LogP contribution in [0.3, 0.4) is 0 Å². The molecule has 1 nitrogen and oxygen atoms in total. The number of fused-ring (bicyclic) bond motifs is 1. The van der Waals surface area contributed by atoms with Crippen LogP contribution in [0.1, 0.15) is 23.0 Å². The lowest BCUT2D eigenvalue weighted by Crippen LogP contribution is -2.05.